The molecular weight excluding hydrogens is 220 g/mol. The molecule has 0 fully saturated rings. The van der Waals surface area contributed by atoms with Crippen LogP contribution in [0.5, 0.6) is 0 Å². The molecule has 0 radical (unpaired) electrons. The Bertz CT molecular complexity index is 548. The van der Waals surface area contributed by atoms with Gasteiger partial charge >= 0.3 is 0 Å². The number of benzene rings is 2. The molecule has 2 aromatic rings. The second kappa shape index (κ2) is 4.37. The van der Waals surface area contributed by atoms with Crippen LogP contribution in [0.15, 0.2) is 48.5 Å². The molecule has 0 aromatic heterocycles. The molecule has 3 rings (SSSR count). The van der Waals surface area contributed by atoms with Gasteiger partial charge in [-0.25, -0.2) is 0 Å². The van der Waals surface area contributed by atoms with Crippen LogP contribution in [0.4, 0.5) is 11.4 Å². The molecule has 1 unspecified atom stereocenters. The summed E-state index contributed by atoms with van der Waals surface area (Å²) in [6.07, 6.45) is 1.09. The molecule has 1 atom stereocenters. The molecule has 0 saturated heterocycles. The molecule has 0 amide bonds. The molecule has 2 N–H and O–H groups in total. The van der Waals surface area contributed by atoms with E-state index in [1.54, 1.807) is 0 Å². The van der Waals surface area contributed by atoms with Crippen molar-refractivity contribution in [3.63, 3.8) is 0 Å². The summed E-state index contributed by atoms with van der Waals surface area (Å²) in [5, 5.41) is 0. The van der Waals surface area contributed by atoms with E-state index in [1.807, 2.05) is 12.1 Å². The van der Waals surface area contributed by atoms with Crippen molar-refractivity contribution in [2.75, 3.05) is 17.2 Å². The van der Waals surface area contributed by atoms with Gasteiger partial charge in [0, 0.05) is 6.54 Å². The first-order valence-electron chi connectivity index (χ1n) is 6.46. The molecule has 1 heterocycles. The van der Waals surface area contributed by atoms with Gasteiger partial charge < -0.3 is 10.6 Å². The lowest BCUT2D eigenvalue weighted by Gasteiger charge is -2.28. The molecule has 0 bridgehead atoms. The van der Waals surface area contributed by atoms with Gasteiger partial charge in [0.2, 0.25) is 0 Å². The van der Waals surface area contributed by atoms with Gasteiger partial charge in [0.1, 0.15) is 0 Å². The number of fused-ring (bicyclic) bond motifs is 1. The van der Waals surface area contributed by atoms with Gasteiger partial charge in [-0.3, -0.25) is 0 Å². The molecule has 2 heteroatoms. The summed E-state index contributed by atoms with van der Waals surface area (Å²) in [4.78, 5) is 2.42. The van der Waals surface area contributed by atoms with Crippen LogP contribution in [0.25, 0.3) is 0 Å². The number of nitrogens with two attached hydrogens (primary N) is 1. The summed E-state index contributed by atoms with van der Waals surface area (Å²) in [7, 11) is 0. The number of nitrogen functional groups attached to an aromatic ring is 1. The van der Waals surface area contributed by atoms with E-state index >= 15 is 0 Å². The Morgan fingerprint density at radius 3 is 2.61 bits per heavy atom. The van der Waals surface area contributed by atoms with Crippen molar-refractivity contribution in [3.05, 3.63) is 59.7 Å². The molecular formula is C16H18N2. The SMILES string of the molecule is CC(c1ccccc1)N1CCc2cccc(N)c21. The van der Waals surface area contributed by atoms with Crippen LogP contribution in [0.2, 0.25) is 0 Å². The lowest BCUT2D eigenvalue weighted by Crippen LogP contribution is -2.25. The monoisotopic (exact) mass is 238 g/mol. The fraction of sp³-hybridized carbons (Fsp3) is 0.250. The minimum atomic E-state index is 0.372. The van der Waals surface area contributed by atoms with Gasteiger partial charge in [0.15, 0.2) is 0 Å². The Morgan fingerprint density at radius 1 is 1.06 bits per heavy atom. The van der Waals surface area contributed by atoms with E-state index in [-0.39, 0.29) is 0 Å². The van der Waals surface area contributed by atoms with Crippen LogP contribution in [-0.4, -0.2) is 6.54 Å². The Labute approximate surface area is 108 Å². The molecule has 92 valence electrons. The zero-order valence-corrected chi connectivity index (χ0v) is 10.6. The van der Waals surface area contributed by atoms with E-state index < -0.39 is 0 Å². The Morgan fingerprint density at radius 2 is 1.83 bits per heavy atom. The summed E-state index contributed by atoms with van der Waals surface area (Å²) in [6, 6.07) is 17.2. The van der Waals surface area contributed by atoms with Gasteiger partial charge in [-0.05, 0) is 30.5 Å². The molecule has 0 aliphatic carbocycles. The van der Waals surface area contributed by atoms with Crippen LogP contribution >= 0.6 is 0 Å². The first-order valence-corrected chi connectivity index (χ1v) is 6.46. The summed E-state index contributed by atoms with van der Waals surface area (Å²) in [6.45, 7) is 3.30. The topological polar surface area (TPSA) is 29.3 Å². The smallest absolute Gasteiger partial charge is 0.0638 e. The zero-order valence-electron chi connectivity index (χ0n) is 10.6. The number of nitrogens with zero attached hydrogens (tertiary/aromatic N) is 1. The number of rotatable bonds is 2. The maximum atomic E-state index is 6.14. The Kier molecular flexibility index (Phi) is 2.71. The minimum Gasteiger partial charge on any atom is -0.397 e. The normalized spacial score (nSPS) is 15.5. The van der Waals surface area contributed by atoms with E-state index in [1.165, 1.54) is 16.8 Å². The average Bonchev–Trinajstić information content (AvgIpc) is 2.84. The first kappa shape index (κ1) is 11.1. The van der Waals surface area contributed by atoms with Crippen molar-refractivity contribution in [3.8, 4) is 0 Å². The lowest BCUT2D eigenvalue weighted by molar-refractivity contribution is 0.697. The molecule has 2 aromatic carbocycles. The predicted octanol–water partition coefficient (Wildman–Crippen LogP) is 3.39. The summed E-state index contributed by atoms with van der Waals surface area (Å²) >= 11 is 0. The van der Waals surface area contributed by atoms with Gasteiger partial charge in [-0.2, -0.15) is 0 Å². The highest BCUT2D eigenvalue weighted by atomic mass is 15.2. The van der Waals surface area contributed by atoms with E-state index in [0.717, 1.165) is 18.7 Å². The minimum absolute atomic E-state index is 0.372. The van der Waals surface area contributed by atoms with Crippen LogP contribution in [0, 0.1) is 0 Å². The molecule has 1 aliphatic heterocycles. The first-order chi connectivity index (χ1) is 8.77. The maximum absolute atomic E-state index is 6.14. The van der Waals surface area contributed by atoms with E-state index in [2.05, 4.69) is 48.2 Å². The average molecular weight is 238 g/mol. The van der Waals surface area contributed by atoms with Gasteiger partial charge in [0.25, 0.3) is 0 Å². The second-order valence-corrected chi connectivity index (χ2v) is 4.89. The predicted molar refractivity (Wildman–Crippen MR) is 76.8 cm³/mol. The van der Waals surface area contributed by atoms with Gasteiger partial charge in [-0.1, -0.05) is 42.5 Å². The van der Waals surface area contributed by atoms with E-state index in [9.17, 15) is 0 Å². The zero-order chi connectivity index (χ0) is 12.5. The number of hydrogen-bond acceptors (Lipinski definition) is 2. The standard InChI is InChI=1S/C16H18N2/c1-12(13-6-3-2-4-7-13)18-11-10-14-8-5-9-15(17)16(14)18/h2-9,12H,10-11,17H2,1H3. The third-order valence-corrected chi connectivity index (χ3v) is 3.81. The molecule has 18 heavy (non-hydrogen) atoms. The quantitative estimate of drug-likeness (QED) is 0.813. The van der Waals surface area contributed by atoms with Crippen molar-refractivity contribution >= 4 is 11.4 Å². The fourth-order valence-electron chi connectivity index (χ4n) is 2.81. The summed E-state index contributed by atoms with van der Waals surface area (Å²) in [5.41, 5.74) is 11.0. The van der Waals surface area contributed by atoms with E-state index in [4.69, 9.17) is 5.73 Å². The highest BCUT2D eigenvalue weighted by Crippen LogP contribution is 2.38. The van der Waals surface area contributed by atoms with Crippen molar-refractivity contribution in [1.29, 1.82) is 0 Å². The van der Waals surface area contributed by atoms with Crippen molar-refractivity contribution in [2.45, 2.75) is 19.4 Å². The highest BCUT2D eigenvalue weighted by Gasteiger charge is 2.25. The molecule has 1 aliphatic rings. The third kappa shape index (κ3) is 1.74. The van der Waals surface area contributed by atoms with Crippen molar-refractivity contribution in [2.24, 2.45) is 0 Å². The van der Waals surface area contributed by atoms with Crippen molar-refractivity contribution < 1.29 is 0 Å². The molecule has 0 saturated carbocycles. The summed E-state index contributed by atoms with van der Waals surface area (Å²) in [5.74, 6) is 0. The lowest BCUT2D eigenvalue weighted by atomic mass is 10.1. The Hall–Kier alpha value is -1.96. The maximum Gasteiger partial charge on any atom is 0.0638 e. The van der Waals surface area contributed by atoms with Crippen LogP contribution in [0.3, 0.4) is 0 Å². The van der Waals surface area contributed by atoms with Gasteiger partial charge in [0.05, 0.1) is 17.4 Å². The Balaban J connectivity index is 1.97. The number of hydrogen-bond donors (Lipinski definition) is 1. The fourth-order valence-corrected chi connectivity index (χ4v) is 2.81. The third-order valence-electron chi connectivity index (χ3n) is 3.81. The number of para-hydroxylation sites is 1. The van der Waals surface area contributed by atoms with Crippen LogP contribution in [0.1, 0.15) is 24.1 Å². The largest absolute Gasteiger partial charge is 0.397 e. The van der Waals surface area contributed by atoms with Crippen molar-refractivity contribution in [1.82, 2.24) is 0 Å². The molecule has 0 spiro atoms. The number of anilines is 2. The molecule has 2 nitrogen and oxygen atoms in total. The van der Waals surface area contributed by atoms with Crippen LogP contribution in [-0.2, 0) is 6.42 Å². The van der Waals surface area contributed by atoms with E-state index in [0.29, 0.717) is 6.04 Å². The highest BCUT2D eigenvalue weighted by molar-refractivity contribution is 5.74. The van der Waals surface area contributed by atoms with Crippen LogP contribution < -0.4 is 10.6 Å². The second-order valence-electron chi connectivity index (χ2n) is 4.89. The summed E-state index contributed by atoms with van der Waals surface area (Å²) < 4.78 is 0. The van der Waals surface area contributed by atoms with Gasteiger partial charge in [-0.15, -0.1) is 0 Å².